The van der Waals surface area contributed by atoms with Gasteiger partial charge in [0.2, 0.25) is 0 Å². The summed E-state index contributed by atoms with van der Waals surface area (Å²) in [5.41, 5.74) is 1.36. The van der Waals surface area contributed by atoms with E-state index in [9.17, 15) is 9.90 Å². The van der Waals surface area contributed by atoms with Crippen molar-refractivity contribution in [2.24, 2.45) is 0 Å². The van der Waals surface area contributed by atoms with Crippen LogP contribution in [0.3, 0.4) is 0 Å². The number of amides is 1. The summed E-state index contributed by atoms with van der Waals surface area (Å²) in [6.07, 6.45) is 0. The second-order valence-corrected chi connectivity index (χ2v) is 4.89. The minimum absolute atomic E-state index is 0.0827. The highest BCUT2D eigenvalue weighted by molar-refractivity contribution is 6.40. The molecule has 2 N–H and O–H groups in total. The summed E-state index contributed by atoms with van der Waals surface area (Å²) in [6.45, 7) is 1.83. The van der Waals surface area contributed by atoms with Gasteiger partial charge in [-0.2, -0.15) is 0 Å². The van der Waals surface area contributed by atoms with Crippen LogP contribution in [0, 0.1) is 6.92 Å². The lowest BCUT2D eigenvalue weighted by molar-refractivity contribution is 0.102. The Kier molecular flexibility index (Phi) is 3.98. The first-order valence-electron chi connectivity index (χ1n) is 5.54. The summed E-state index contributed by atoms with van der Waals surface area (Å²) in [5.74, 6) is -0.548. The van der Waals surface area contributed by atoms with Gasteiger partial charge in [-0.05, 0) is 36.8 Å². The number of carbonyl (C=O) groups excluding carboxylic acids is 1. The molecule has 0 radical (unpaired) electrons. The van der Waals surface area contributed by atoms with E-state index in [1.807, 2.05) is 6.92 Å². The Bertz CT molecular complexity index is 621. The highest BCUT2D eigenvalue weighted by Gasteiger charge is 2.14. The smallest absolute Gasteiger partial charge is 0.259 e. The molecule has 2 aromatic carbocycles. The molecule has 0 aliphatic heterocycles. The van der Waals surface area contributed by atoms with E-state index < -0.39 is 5.91 Å². The molecule has 2 aromatic rings. The van der Waals surface area contributed by atoms with Crippen molar-refractivity contribution in [1.29, 1.82) is 0 Å². The number of phenolic OH excluding ortho intramolecular Hbond substituents is 1. The SMILES string of the molecule is Cc1ccc(C(=O)Nc2c(Cl)cccc2Cl)c(O)c1. The van der Waals surface area contributed by atoms with Crippen LogP contribution in [-0.2, 0) is 0 Å². The van der Waals surface area contributed by atoms with Crippen LogP contribution in [-0.4, -0.2) is 11.0 Å². The molecule has 5 heteroatoms. The van der Waals surface area contributed by atoms with Crippen molar-refractivity contribution < 1.29 is 9.90 Å². The van der Waals surface area contributed by atoms with Gasteiger partial charge in [0.25, 0.3) is 5.91 Å². The summed E-state index contributed by atoms with van der Waals surface area (Å²) in [5, 5.41) is 13.0. The van der Waals surface area contributed by atoms with Crippen LogP contribution in [0.5, 0.6) is 5.75 Å². The summed E-state index contributed by atoms with van der Waals surface area (Å²) in [4.78, 5) is 12.1. The Morgan fingerprint density at radius 1 is 1.16 bits per heavy atom. The van der Waals surface area contributed by atoms with Crippen molar-refractivity contribution in [3.63, 3.8) is 0 Å². The van der Waals surface area contributed by atoms with E-state index in [2.05, 4.69) is 5.32 Å². The maximum atomic E-state index is 12.1. The number of anilines is 1. The molecule has 3 nitrogen and oxygen atoms in total. The van der Waals surface area contributed by atoms with Crippen LogP contribution in [0.25, 0.3) is 0 Å². The lowest BCUT2D eigenvalue weighted by Crippen LogP contribution is -2.12. The fourth-order valence-electron chi connectivity index (χ4n) is 1.63. The van der Waals surface area contributed by atoms with Crippen molar-refractivity contribution in [3.05, 3.63) is 57.6 Å². The molecule has 0 bridgehead atoms. The predicted molar refractivity (Wildman–Crippen MR) is 77.3 cm³/mol. The molecule has 2 rings (SSSR count). The first kappa shape index (κ1) is 13.7. The van der Waals surface area contributed by atoms with E-state index in [0.717, 1.165) is 5.56 Å². The molecule has 0 saturated heterocycles. The fourth-order valence-corrected chi connectivity index (χ4v) is 2.12. The second-order valence-electron chi connectivity index (χ2n) is 4.07. The molecule has 1 amide bonds. The van der Waals surface area contributed by atoms with Gasteiger partial charge in [-0.1, -0.05) is 35.3 Å². The topological polar surface area (TPSA) is 49.3 Å². The summed E-state index contributed by atoms with van der Waals surface area (Å²) in [7, 11) is 0. The molecule has 98 valence electrons. The third kappa shape index (κ3) is 3.00. The van der Waals surface area contributed by atoms with Gasteiger partial charge in [0.05, 0.1) is 21.3 Å². The van der Waals surface area contributed by atoms with Crippen molar-refractivity contribution in [2.45, 2.75) is 6.92 Å². The van der Waals surface area contributed by atoms with Crippen LogP contribution in [0.2, 0.25) is 10.0 Å². The molecular weight excluding hydrogens is 285 g/mol. The molecule has 0 aliphatic rings. The number of benzene rings is 2. The molecule has 0 fully saturated rings. The Hall–Kier alpha value is -1.71. The van der Waals surface area contributed by atoms with Crippen molar-refractivity contribution in [2.75, 3.05) is 5.32 Å². The molecule has 0 saturated carbocycles. The minimum Gasteiger partial charge on any atom is -0.507 e. The van der Waals surface area contributed by atoms with Crippen molar-refractivity contribution in [3.8, 4) is 5.75 Å². The van der Waals surface area contributed by atoms with E-state index in [-0.39, 0.29) is 11.3 Å². The molecule has 0 heterocycles. The zero-order chi connectivity index (χ0) is 14.0. The summed E-state index contributed by atoms with van der Waals surface area (Å²) in [6, 6.07) is 9.73. The molecule has 19 heavy (non-hydrogen) atoms. The maximum Gasteiger partial charge on any atom is 0.259 e. The fraction of sp³-hybridized carbons (Fsp3) is 0.0714. The first-order chi connectivity index (χ1) is 8.99. The number of carbonyl (C=O) groups is 1. The number of para-hydroxylation sites is 1. The van der Waals surface area contributed by atoms with Crippen molar-refractivity contribution in [1.82, 2.24) is 0 Å². The molecule has 0 aliphatic carbocycles. The Labute approximate surface area is 120 Å². The van der Waals surface area contributed by atoms with Gasteiger partial charge in [0.15, 0.2) is 0 Å². The highest BCUT2D eigenvalue weighted by Crippen LogP contribution is 2.31. The highest BCUT2D eigenvalue weighted by atomic mass is 35.5. The van der Waals surface area contributed by atoms with Crippen LogP contribution < -0.4 is 5.32 Å². The van der Waals surface area contributed by atoms with Gasteiger partial charge in [-0.15, -0.1) is 0 Å². The second kappa shape index (κ2) is 5.51. The van der Waals surface area contributed by atoms with Gasteiger partial charge < -0.3 is 10.4 Å². The number of rotatable bonds is 2. The van der Waals surface area contributed by atoms with Crippen LogP contribution >= 0.6 is 23.2 Å². The largest absolute Gasteiger partial charge is 0.507 e. The molecular formula is C14H11Cl2NO2. The lowest BCUT2D eigenvalue weighted by atomic mass is 10.1. The Balaban J connectivity index is 2.31. The van der Waals surface area contributed by atoms with Crippen LogP contribution in [0.1, 0.15) is 15.9 Å². The molecule has 0 spiro atoms. The van der Waals surface area contributed by atoms with Crippen LogP contribution in [0.15, 0.2) is 36.4 Å². The number of aromatic hydroxyl groups is 1. The van der Waals surface area contributed by atoms with Gasteiger partial charge in [-0.25, -0.2) is 0 Å². The normalized spacial score (nSPS) is 10.3. The number of halogens is 2. The zero-order valence-electron chi connectivity index (χ0n) is 10.1. The summed E-state index contributed by atoms with van der Waals surface area (Å²) >= 11 is 11.9. The number of hydrogen-bond acceptors (Lipinski definition) is 2. The number of nitrogens with one attached hydrogen (secondary N) is 1. The minimum atomic E-state index is -0.465. The van der Waals surface area contributed by atoms with E-state index >= 15 is 0 Å². The quantitative estimate of drug-likeness (QED) is 0.870. The first-order valence-corrected chi connectivity index (χ1v) is 6.29. The number of phenols is 1. The molecule has 0 aromatic heterocycles. The van der Waals surface area contributed by atoms with Gasteiger partial charge in [0.1, 0.15) is 5.75 Å². The third-order valence-electron chi connectivity index (χ3n) is 2.60. The third-order valence-corrected chi connectivity index (χ3v) is 3.23. The number of hydrogen-bond donors (Lipinski definition) is 2. The maximum absolute atomic E-state index is 12.1. The van der Waals surface area contributed by atoms with Gasteiger partial charge in [0, 0.05) is 0 Å². The summed E-state index contributed by atoms with van der Waals surface area (Å²) < 4.78 is 0. The van der Waals surface area contributed by atoms with Gasteiger partial charge in [-0.3, -0.25) is 4.79 Å². The lowest BCUT2D eigenvalue weighted by Gasteiger charge is -2.10. The average Bonchev–Trinajstić information content (AvgIpc) is 2.33. The Morgan fingerprint density at radius 3 is 2.37 bits per heavy atom. The van der Waals surface area contributed by atoms with E-state index in [4.69, 9.17) is 23.2 Å². The molecule has 0 unspecified atom stereocenters. The molecule has 0 atom stereocenters. The standard InChI is InChI=1S/C14H11Cl2NO2/c1-8-5-6-9(12(18)7-8)14(19)17-13-10(15)3-2-4-11(13)16/h2-7,18H,1H3,(H,17,19). The Morgan fingerprint density at radius 2 is 1.79 bits per heavy atom. The van der Waals surface area contributed by atoms with E-state index in [0.29, 0.717) is 15.7 Å². The van der Waals surface area contributed by atoms with Gasteiger partial charge >= 0.3 is 0 Å². The number of aryl methyl sites for hydroxylation is 1. The average molecular weight is 296 g/mol. The van der Waals surface area contributed by atoms with Crippen LogP contribution in [0.4, 0.5) is 5.69 Å². The predicted octanol–water partition coefficient (Wildman–Crippen LogP) is 4.26. The van der Waals surface area contributed by atoms with E-state index in [1.165, 1.54) is 6.07 Å². The monoisotopic (exact) mass is 295 g/mol. The van der Waals surface area contributed by atoms with E-state index in [1.54, 1.807) is 30.3 Å². The van der Waals surface area contributed by atoms with Crippen molar-refractivity contribution >= 4 is 34.8 Å². The zero-order valence-corrected chi connectivity index (χ0v) is 11.6.